The molecule has 0 amide bonds. The third-order valence-electron chi connectivity index (χ3n) is 3.59. The van der Waals surface area contributed by atoms with Gasteiger partial charge in [0.05, 0.1) is 25.2 Å². The van der Waals surface area contributed by atoms with Gasteiger partial charge < -0.3 is 20.1 Å². The van der Waals surface area contributed by atoms with Crippen molar-refractivity contribution >= 4 is 6.47 Å². The van der Waals surface area contributed by atoms with Gasteiger partial charge in [0.2, 0.25) is 0 Å². The molecule has 0 aromatic rings. The summed E-state index contributed by atoms with van der Waals surface area (Å²) in [6.45, 7) is -0.676. The van der Waals surface area contributed by atoms with Crippen LogP contribution in [0, 0.1) is 5.41 Å². The van der Waals surface area contributed by atoms with Gasteiger partial charge in [-0.1, -0.05) is 6.42 Å². The lowest BCUT2D eigenvalue weighted by atomic mass is 9.64. The van der Waals surface area contributed by atoms with Gasteiger partial charge in [0, 0.05) is 0 Å². The number of aliphatic hydroxyl groups excluding tert-OH is 3. The molecule has 15 heavy (non-hydrogen) atoms. The molecule has 1 fully saturated rings. The predicted octanol–water partition coefficient (Wildman–Crippen LogP) is -0.565. The fourth-order valence-electron chi connectivity index (χ4n) is 2.42. The number of carbonyl (C=O) groups is 1. The molecule has 1 saturated carbocycles. The van der Waals surface area contributed by atoms with Crippen molar-refractivity contribution in [2.45, 2.75) is 31.3 Å². The monoisotopic (exact) mass is 218 g/mol. The van der Waals surface area contributed by atoms with Crippen LogP contribution in [0.4, 0.5) is 0 Å². The van der Waals surface area contributed by atoms with E-state index in [1.54, 1.807) is 0 Å². The minimum Gasteiger partial charge on any atom is -0.458 e. The number of hydrogen-bond donors (Lipinski definition) is 3. The van der Waals surface area contributed by atoms with Gasteiger partial charge in [-0.15, -0.1) is 0 Å². The maximum absolute atomic E-state index is 10.5. The van der Waals surface area contributed by atoms with E-state index in [0.717, 1.165) is 12.8 Å². The molecule has 0 aromatic carbocycles. The van der Waals surface area contributed by atoms with Crippen LogP contribution in [0.5, 0.6) is 0 Å². The van der Waals surface area contributed by atoms with E-state index in [2.05, 4.69) is 0 Å². The summed E-state index contributed by atoms with van der Waals surface area (Å²) < 4.78 is 4.97. The number of rotatable bonds is 5. The van der Waals surface area contributed by atoms with Gasteiger partial charge in [0.25, 0.3) is 6.47 Å². The summed E-state index contributed by atoms with van der Waals surface area (Å²) in [5, 5.41) is 28.1. The summed E-state index contributed by atoms with van der Waals surface area (Å²) in [6.07, 6.45) is 2.69. The quantitative estimate of drug-likeness (QED) is 0.538. The Hall–Kier alpha value is -0.650. The average molecular weight is 218 g/mol. The molecule has 1 aliphatic carbocycles. The van der Waals surface area contributed by atoms with Gasteiger partial charge in [0.15, 0.2) is 0 Å². The van der Waals surface area contributed by atoms with E-state index in [-0.39, 0.29) is 26.3 Å². The van der Waals surface area contributed by atoms with E-state index < -0.39 is 11.0 Å². The molecule has 0 heterocycles. The molecule has 0 aromatic heterocycles. The molecule has 1 aliphatic rings. The summed E-state index contributed by atoms with van der Waals surface area (Å²) in [7, 11) is 0. The minimum atomic E-state index is -1.13. The second-order valence-electron chi connectivity index (χ2n) is 4.17. The van der Waals surface area contributed by atoms with Crippen molar-refractivity contribution in [2.75, 3.05) is 19.8 Å². The maximum Gasteiger partial charge on any atom is 0.293 e. The average Bonchev–Trinajstić information content (AvgIpc) is 2.30. The number of aliphatic hydroxyl groups is 3. The summed E-state index contributed by atoms with van der Waals surface area (Å²) in [6, 6.07) is 0. The Kier molecular flexibility index (Phi) is 4.07. The van der Waals surface area contributed by atoms with Crippen molar-refractivity contribution in [3.63, 3.8) is 0 Å². The first-order valence-electron chi connectivity index (χ1n) is 5.14. The van der Waals surface area contributed by atoms with E-state index in [0.29, 0.717) is 12.8 Å². The first-order valence-corrected chi connectivity index (χ1v) is 5.14. The van der Waals surface area contributed by atoms with Gasteiger partial charge in [-0.05, 0) is 19.3 Å². The zero-order chi connectivity index (χ0) is 11.4. The zero-order valence-corrected chi connectivity index (χ0v) is 8.69. The number of ether oxygens (including phenoxy) is 1. The predicted molar refractivity (Wildman–Crippen MR) is 52.0 cm³/mol. The summed E-state index contributed by atoms with van der Waals surface area (Å²) in [4.78, 5) is 10.5. The Labute approximate surface area is 88.7 Å². The molecular weight excluding hydrogens is 200 g/mol. The standard InChI is InChI=1S/C10H18O5/c11-5-9(6-12)3-1-2-4-10(9,7-13)15-8-14/h8,11-13H,1-7H2. The Balaban J connectivity index is 3.00. The van der Waals surface area contributed by atoms with Crippen LogP contribution in [-0.4, -0.2) is 47.2 Å². The Morgan fingerprint density at radius 2 is 1.67 bits per heavy atom. The van der Waals surface area contributed by atoms with Crippen LogP contribution in [0.15, 0.2) is 0 Å². The molecule has 1 rings (SSSR count). The van der Waals surface area contributed by atoms with Crippen molar-refractivity contribution in [2.24, 2.45) is 5.41 Å². The Morgan fingerprint density at radius 1 is 1.07 bits per heavy atom. The van der Waals surface area contributed by atoms with E-state index >= 15 is 0 Å². The van der Waals surface area contributed by atoms with Crippen molar-refractivity contribution in [3.05, 3.63) is 0 Å². The van der Waals surface area contributed by atoms with Gasteiger partial charge in [-0.25, -0.2) is 0 Å². The van der Waals surface area contributed by atoms with Crippen LogP contribution in [0.2, 0.25) is 0 Å². The van der Waals surface area contributed by atoms with E-state index in [1.807, 2.05) is 0 Å². The largest absolute Gasteiger partial charge is 0.458 e. The topological polar surface area (TPSA) is 87.0 Å². The third kappa shape index (κ3) is 1.87. The maximum atomic E-state index is 10.5. The first-order chi connectivity index (χ1) is 7.20. The molecule has 0 radical (unpaired) electrons. The highest BCUT2D eigenvalue weighted by Gasteiger charge is 2.54. The summed E-state index contributed by atoms with van der Waals surface area (Å²) in [5.74, 6) is 0. The molecule has 5 heteroatoms. The van der Waals surface area contributed by atoms with Crippen LogP contribution in [0.25, 0.3) is 0 Å². The normalized spacial score (nSPS) is 29.8. The molecule has 1 atom stereocenters. The molecule has 1 unspecified atom stereocenters. The number of carbonyl (C=O) groups excluding carboxylic acids is 1. The molecule has 0 aliphatic heterocycles. The van der Waals surface area contributed by atoms with Crippen molar-refractivity contribution in [1.29, 1.82) is 0 Å². The lowest BCUT2D eigenvalue weighted by molar-refractivity contribution is -0.200. The second-order valence-corrected chi connectivity index (χ2v) is 4.17. The first kappa shape index (κ1) is 12.4. The van der Waals surface area contributed by atoms with Gasteiger partial charge in [0.1, 0.15) is 5.60 Å². The number of hydrogen-bond acceptors (Lipinski definition) is 5. The third-order valence-corrected chi connectivity index (χ3v) is 3.59. The highest BCUT2D eigenvalue weighted by atomic mass is 16.6. The highest BCUT2D eigenvalue weighted by Crippen LogP contribution is 2.45. The van der Waals surface area contributed by atoms with Crippen molar-refractivity contribution in [1.82, 2.24) is 0 Å². The lowest BCUT2D eigenvalue weighted by Crippen LogP contribution is -2.58. The molecule has 3 N–H and O–H groups in total. The van der Waals surface area contributed by atoms with Crippen LogP contribution >= 0.6 is 0 Å². The SMILES string of the molecule is O=COC1(CO)CCCCC1(CO)CO. The highest BCUT2D eigenvalue weighted by molar-refractivity contribution is 5.39. The van der Waals surface area contributed by atoms with E-state index in [1.165, 1.54) is 0 Å². The van der Waals surface area contributed by atoms with Crippen molar-refractivity contribution in [3.8, 4) is 0 Å². The summed E-state index contributed by atoms with van der Waals surface area (Å²) >= 11 is 0. The van der Waals surface area contributed by atoms with E-state index in [4.69, 9.17) is 4.74 Å². The van der Waals surface area contributed by atoms with E-state index in [9.17, 15) is 20.1 Å². The zero-order valence-electron chi connectivity index (χ0n) is 8.69. The fourth-order valence-corrected chi connectivity index (χ4v) is 2.42. The molecule has 0 saturated heterocycles. The molecule has 5 nitrogen and oxygen atoms in total. The van der Waals surface area contributed by atoms with Gasteiger partial charge >= 0.3 is 0 Å². The van der Waals surface area contributed by atoms with Crippen LogP contribution in [0.3, 0.4) is 0 Å². The lowest BCUT2D eigenvalue weighted by Gasteiger charge is -2.49. The Bertz CT molecular complexity index is 214. The summed E-state index contributed by atoms with van der Waals surface area (Å²) in [5.41, 5.74) is -2.04. The van der Waals surface area contributed by atoms with Crippen LogP contribution in [0.1, 0.15) is 25.7 Å². The minimum absolute atomic E-state index is 0.279. The molecule has 0 bridgehead atoms. The smallest absolute Gasteiger partial charge is 0.293 e. The van der Waals surface area contributed by atoms with Gasteiger partial charge in [-0.3, -0.25) is 4.79 Å². The molecule has 88 valence electrons. The van der Waals surface area contributed by atoms with Crippen LogP contribution < -0.4 is 0 Å². The van der Waals surface area contributed by atoms with Gasteiger partial charge in [-0.2, -0.15) is 0 Å². The molecular formula is C10H18O5. The Morgan fingerprint density at radius 3 is 2.13 bits per heavy atom. The van der Waals surface area contributed by atoms with Crippen LogP contribution in [-0.2, 0) is 9.53 Å². The second kappa shape index (κ2) is 4.92. The van der Waals surface area contributed by atoms with Crippen molar-refractivity contribution < 1.29 is 24.9 Å². The fraction of sp³-hybridized carbons (Fsp3) is 0.900. The molecule has 0 spiro atoms.